The lowest BCUT2D eigenvalue weighted by Crippen LogP contribution is -2.48. The number of carbonyl (C=O) groups excluding carboxylic acids is 2. The van der Waals surface area contributed by atoms with Gasteiger partial charge in [-0.3, -0.25) is 14.5 Å². The summed E-state index contributed by atoms with van der Waals surface area (Å²) in [6.07, 6.45) is 3.04. The van der Waals surface area contributed by atoms with E-state index in [1.54, 1.807) is 12.1 Å². The molecule has 1 heterocycles. The molecule has 2 aliphatic rings. The Labute approximate surface area is 168 Å². The summed E-state index contributed by atoms with van der Waals surface area (Å²) in [6.45, 7) is 12.1. The summed E-state index contributed by atoms with van der Waals surface area (Å²) in [7, 11) is 0. The smallest absolute Gasteiger partial charge is 0.253 e. The molecule has 154 valence electrons. The molecule has 3 rings (SSSR count). The molecule has 0 atom stereocenters. The summed E-state index contributed by atoms with van der Waals surface area (Å²) in [4.78, 5) is 32.2. The van der Waals surface area contributed by atoms with Crippen LogP contribution in [0.4, 0.5) is 0 Å². The summed E-state index contributed by atoms with van der Waals surface area (Å²) in [5.41, 5.74) is 1.18. The first-order valence-corrected chi connectivity index (χ1v) is 10.8. The highest BCUT2D eigenvalue weighted by molar-refractivity contribution is 5.99. The summed E-state index contributed by atoms with van der Waals surface area (Å²) < 4.78 is 0. The van der Waals surface area contributed by atoms with Crippen LogP contribution in [0.15, 0.2) is 24.3 Å². The number of piperazine rings is 1. The van der Waals surface area contributed by atoms with Crippen LogP contribution in [0.5, 0.6) is 0 Å². The molecule has 0 unspecified atom stereocenters. The minimum absolute atomic E-state index is 0.0233. The molecule has 28 heavy (non-hydrogen) atoms. The molecule has 1 N–H and O–H groups in total. The van der Waals surface area contributed by atoms with Gasteiger partial charge in [-0.15, -0.1) is 0 Å². The van der Waals surface area contributed by atoms with E-state index in [1.165, 1.54) is 0 Å². The molecule has 6 heteroatoms. The maximum Gasteiger partial charge on any atom is 0.253 e. The van der Waals surface area contributed by atoms with E-state index in [-0.39, 0.29) is 11.8 Å². The second kappa shape index (κ2) is 10.0. The highest BCUT2D eigenvalue weighted by atomic mass is 16.2. The number of amides is 2. The summed E-state index contributed by atoms with van der Waals surface area (Å²) >= 11 is 0. The number of carbonyl (C=O) groups is 2. The second-order valence-electron chi connectivity index (χ2n) is 7.90. The van der Waals surface area contributed by atoms with Gasteiger partial charge >= 0.3 is 0 Å². The number of hydrogen-bond donors (Lipinski definition) is 1. The minimum Gasteiger partial charge on any atom is -0.349 e. The molecular weight excluding hydrogens is 352 g/mol. The standard InChI is InChI=1S/C22H34N4O2/c1-3-10-26(16-15-25-13-11-24(4-2)12-14-25)22(28)19-7-5-6-18(17-19)21(27)23-20-8-9-20/h5-7,17,20H,3-4,8-16H2,1-2H3,(H,23,27). The normalized spacial score (nSPS) is 18.1. The van der Waals surface area contributed by atoms with E-state index in [9.17, 15) is 9.59 Å². The first-order chi connectivity index (χ1) is 13.6. The maximum atomic E-state index is 13.1. The lowest BCUT2D eigenvalue weighted by atomic mass is 10.1. The fraction of sp³-hybridized carbons (Fsp3) is 0.636. The van der Waals surface area contributed by atoms with Crippen molar-refractivity contribution < 1.29 is 9.59 Å². The number of rotatable bonds is 9. The Hall–Kier alpha value is -1.92. The van der Waals surface area contributed by atoms with Gasteiger partial charge in [0, 0.05) is 63.0 Å². The average molecular weight is 387 g/mol. The number of benzene rings is 1. The Morgan fingerprint density at radius 1 is 1.04 bits per heavy atom. The number of nitrogens with zero attached hydrogens (tertiary/aromatic N) is 3. The van der Waals surface area contributed by atoms with Gasteiger partial charge in [-0.1, -0.05) is 19.9 Å². The Kier molecular flexibility index (Phi) is 7.45. The zero-order valence-corrected chi connectivity index (χ0v) is 17.3. The molecule has 0 radical (unpaired) electrons. The van der Waals surface area contributed by atoms with E-state index in [2.05, 4.69) is 29.0 Å². The first-order valence-electron chi connectivity index (χ1n) is 10.8. The van der Waals surface area contributed by atoms with Gasteiger partial charge in [0.1, 0.15) is 0 Å². The second-order valence-corrected chi connectivity index (χ2v) is 7.90. The van der Waals surface area contributed by atoms with Crippen LogP contribution in [-0.2, 0) is 0 Å². The topological polar surface area (TPSA) is 55.9 Å². The molecule has 0 spiro atoms. The van der Waals surface area contributed by atoms with Crippen LogP contribution < -0.4 is 5.32 Å². The molecule has 1 aliphatic heterocycles. The third-order valence-corrected chi connectivity index (χ3v) is 5.66. The van der Waals surface area contributed by atoms with Gasteiger partial charge in [0.25, 0.3) is 11.8 Å². The van der Waals surface area contributed by atoms with Gasteiger partial charge in [-0.25, -0.2) is 0 Å². The number of nitrogens with one attached hydrogen (secondary N) is 1. The highest BCUT2D eigenvalue weighted by Crippen LogP contribution is 2.19. The molecule has 2 amide bonds. The molecule has 0 aromatic heterocycles. The summed E-state index contributed by atoms with van der Waals surface area (Å²) in [5.74, 6) is -0.0527. The zero-order chi connectivity index (χ0) is 19.9. The van der Waals surface area contributed by atoms with E-state index in [0.29, 0.717) is 17.2 Å². The van der Waals surface area contributed by atoms with Crippen molar-refractivity contribution in [3.63, 3.8) is 0 Å². The Morgan fingerprint density at radius 3 is 2.36 bits per heavy atom. The largest absolute Gasteiger partial charge is 0.349 e. The first kappa shape index (κ1) is 20.8. The fourth-order valence-electron chi connectivity index (χ4n) is 3.65. The van der Waals surface area contributed by atoms with Crippen molar-refractivity contribution in [1.29, 1.82) is 0 Å². The van der Waals surface area contributed by atoms with E-state index in [1.807, 2.05) is 17.0 Å². The van der Waals surface area contributed by atoms with Crippen molar-refractivity contribution in [3.8, 4) is 0 Å². The molecule has 6 nitrogen and oxygen atoms in total. The van der Waals surface area contributed by atoms with E-state index in [0.717, 1.165) is 71.6 Å². The predicted molar refractivity (Wildman–Crippen MR) is 112 cm³/mol. The van der Waals surface area contributed by atoms with E-state index in [4.69, 9.17) is 0 Å². The summed E-state index contributed by atoms with van der Waals surface area (Å²) in [6, 6.07) is 7.47. The van der Waals surface area contributed by atoms with E-state index < -0.39 is 0 Å². The van der Waals surface area contributed by atoms with Crippen molar-refractivity contribution in [2.75, 3.05) is 52.4 Å². The fourth-order valence-corrected chi connectivity index (χ4v) is 3.65. The molecular formula is C22H34N4O2. The molecule has 2 fully saturated rings. The molecule has 1 aromatic rings. The highest BCUT2D eigenvalue weighted by Gasteiger charge is 2.24. The van der Waals surface area contributed by atoms with Crippen LogP contribution >= 0.6 is 0 Å². The van der Waals surface area contributed by atoms with Crippen LogP contribution in [0.25, 0.3) is 0 Å². The van der Waals surface area contributed by atoms with Crippen molar-refractivity contribution >= 4 is 11.8 Å². The van der Waals surface area contributed by atoms with Crippen LogP contribution in [-0.4, -0.2) is 84.9 Å². The third-order valence-electron chi connectivity index (χ3n) is 5.66. The van der Waals surface area contributed by atoms with Crippen molar-refractivity contribution in [3.05, 3.63) is 35.4 Å². The molecule has 1 saturated heterocycles. The van der Waals surface area contributed by atoms with Crippen LogP contribution in [0.1, 0.15) is 53.8 Å². The van der Waals surface area contributed by atoms with Gasteiger partial charge in [0.05, 0.1) is 0 Å². The zero-order valence-electron chi connectivity index (χ0n) is 17.3. The van der Waals surface area contributed by atoms with Crippen molar-refractivity contribution in [2.45, 2.75) is 39.2 Å². The van der Waals surface area contributed by atoms with Crippen LogP contribution in [0, 0.1) is 0 Å². The third kappa shape index (κ3) is 5.79. The van der Waals surface area contributed by atoms with E-state index >= 15 is 0 Å². The van der Waals surface area contributed by atoms with Crippen molar-refractivity contribution in [2.24, 2.45) is 0 Å². The number of likely N-dealkylation sites (N-methyl/N-ethyl adjacent to an activating group) is 1. The monoisotopic (exact) mass is 386 g/mol. The maximum absolute atomic E-state index is 13.1. The number of hydrogen-bond acceptors (Lipinski definition) is 4. The van der Waals surface area contributed by atoms with Gasteiger partial charge in [-0.05, 0) is 44.0 Å². The predicted octanol–water partition coefficient (Wildman–Crippen LogP) is 2.07. The van der Waals surface area contributed by atoms with Gasteiger partial charge in [0.2, 0.25) is 0 Å². The Bertz CT molecular complexity index is 666. The molecule has 1 saturated carbocycles. The van der Waals surface area contributed by atoms with Crippen molar-refractivity contribution in [1.82, 2.24) is 20.0 Å². The Morgan fingerprint density at radius 2 is 1.71 bits per heavy atom. The molecule has 1 aromatic carbocycles. The lowest BCUT2D eigenvalue weighted by molar-refractivity contribution is 0.0708. The van der Waals surface area contributed by atoms with Gasteiger partial charge in [-0.2, -0.15) is 0 Å². The summed E-state index contributed by atoms with van der Waals surface area (Å²) in [5, 5.41) is 2.99. The molecule has 0 bridgehead atoms. The molecule has 1 aliphatic carbocycles. The van der Waals surface area contributed by atoms with Gasteiger partial charge in [0.15, 0.2) is 0 Å². The lowest BCUT2D eigenvalue weighted by Gasteiger charge is -2.35. The Balaban J connectivity index is 1.58. The van der Waals surface area contributed by atoms with Gasteiger partial charge < -0.3 is 15.1 Å². The SMILES string of the molecule is CCCN(CCN1CCN(CC)CC1)C(=O)c1cccc(C(=O)NC2CC2)c1. The van der Waals surface area contributed by atoms with Crippen LogP contribution in [0.2, 0.25) is 0 Å². The minimum atomic E-state index is -0.0759. The average Bonchev–Trinajstić information content (AvgIpc) is 3.55. The van der Waals surface area contributed by atoms with Crippen LogP contribution in [0.3, 0.4) is 0 Å². The quantitative estimate of drug-likeness (QED) is 0.706.